The van der Waals surface area contributed by atoms with Crippen LogP contribution in [-0.2, 0) is 13.0 Å². The molecule has 0 unspecified atom stereocenters. The van der Waals surface area contributed by atoms with Gasteiger partial charge in [0.05, 0.1) is 7.11 Å². The van der Waals surface area contributed by atoms with E-state index in [4.69, 9.17) is 16.3 Å². The minimum atomic E-state index is -0.0635. The number of aryl methyl sites for hydroxylation is 2. The zero-order chi connectivity index (χ0) is 20.1. The Morgan fingerprint density at radius 2 is 1.96 bits per heavy atom. The van der Waals surface area contributed by atoms with Crippen LogP contribution in [0.1, 0.15) is 23.7 Å². The number of methoxy groups -OCH3 is 1. The molecule has 1 aliphatic rings. The third-order valence-corrected chi connectivity index (χ3v) is 5.34. The molecule has 1 aromatic carbocycles. The lowest BCUT2D eigenvalue weighted by Gasteiger charge is -2.36. The Hall–Kier alpha value is -2.47. The molecule has 7 heteroatoms. The van der Waals surface area contributed by atoms with Gasteiger partial charge in [-0.05, 0) is 43.2 Å². The number of hydrogen-bond acceptors (Lipinski definition) is 4. The molecule has 0 spiro atoms. The number of urea groups is 1. The van der Waals surface area contributed by atoms with Crippen LogP contribution in [0.4, 0.5) is 10.5 Å². The van der Waals surface area contributed by atoms with Gasteiger partial charge in [-0.2, -0.15) is 0 Å². The summed E-state index contributed by atoms with van der Waals surface area (Å²) in [6, 6.07) is 9.82. The van der Waals surface area contributed by atoms with E-state index >= 15 is 0 Å². The van der Waals surface area contributed by atoms with Gasteiger partial charge in [-0.15, -0.1) is 0 Å². The average molecular weight is 403 g/mol. The summed E-state index contributed by atoms with van der Waals surface area (Å²) in [4.78, 5) is 21.2. The van der Waals surface area contributed by atoms with Crippen molar-refractivity contribution < 1.29 is 9.53 Å². The second-order valence-corrected chi connectivity index (χ2v) is 7.30. The molecule has 0 saturated carbocycles. The first-order valence-corrected chi connectivity index (χ1v) is 9.96. The lowest BCUT2D eigenvalue weighted by Crippen LogP contribution is -2.51. The standard InChI is InChI=1S/C21H27ClN4O2/c1-4-16-12-17(20(28-3)24-15(16)2)14-23-21(27)26-10-8-25(9-11-26)19-7-5-6-18(22)13-19/h5-7,12-13H,4,8-11,14H2,1-3H3,(H,23,27). The number of nitrogens with zero attached hydrogens (tertiary/aromatic N) is 3. The zero-order valence-corrected chi connectivity index (χ0v) is 17.4. The third-order valence-electron chi connectivity index (χ3n) is 5.10. The number of anilines is 1. The summed E-state index contributed by atoms with van der Waals surface area (Å²) in [6.07, 6.45) is 0.898. The first-order valence-electron chi connectivity index (χ1n) is 9.58. The maximum absolute atomic E-state index is 12.6. The highest BCUT2D eigenvalue weighted by Gasteiger charge is 2.21. The molecular weight excluding hydrogens is 376 g/mol. The Morgan fingerprint density at radius 1 is 1.21 bits per heavy atom. The first-order chi connectivity index (χ1) is 13.5. The van der Waals surface area contributed by atoms with Crippen molar-refractivity contribution in [2.45, 2.75) is 26.8 Å². The van der Waals surface area contributed by atoms with Gasteiger partial charge < -0.3 is 19.9 Å². The molecule has 0 aliphatic carbocycles. The second kappa shape index (κ2) is 9.15. The molecule has 2 heterocycles. The van der Waals surface area contributed by atoms with Gasteiger partial charge in [-0.1, -0.05) is 24.6 Å². The van der Waals surface area contributed by atoms with Crippen molar-refractivity contribution in [3.05, 3.63) is 52.2 Å². The van der Waals surface area contributed by atoms with Crippen molar-refractivity contribution in [3.63, 3.8) is 0 Å². The van der Waals surface area contributed by atoms with Gasteiger partial charge in [-0.3, -0.25) is 0 Å². The SMILES string of the molecule is CCc1cc(CNC(=O)N2CCN(c3cccc(Cl)c3)CC2)c(OC)nc1C. The number of halogens is 1. The molecule has 1 N–H and O–H groups in total. The maximum atomic E-state index is 12.6. The topological polar surface area (TPSA) is 57.7 Å². The second-order valence-electron chi connectivity index (χ2n) is 6.87. The third kappa shape index (κ3) is 4.68. The molecule has 150 valence electrons. The number of hydrogen-bond donors (Lipinski definition) is 1. The number of nitrogens with one attached hydrogen (secondary N) is 1. The van der Waals surface area contributed by atoms with Crippen LogP contribution in [0.15, 0.2) is 30.3 Å². The van der Waals surface area contributed by atoms with Gasteiger partial charge in [0.15, 0.2) is 0 Å². The van der Waals surface area contributed by atoms with Crippen LogP contribution in [-0.4, -0.2) is 49.2 Å². The molecule has 28 heavy (non-hydrogen) atoms. The summed E-state index contributed by atoms with van der Waals surface area (Å²) in [6.45, 7) is 7.37. The molecule has 3 rings (SSSR count). The predicted molar refractivity (Wildman–Crippen MR) is 112 cm³/mol. The van der Waals surface area contributed by atoms with E-state index < -0.39 is 0 Å². The number of rotatable bonds is 5. The molecule has 0 radical (unpaired) electrons. The van der Waals surface area contributed by atoms with Crippen molar-refractivity contribution in [2.75, 3.05) is 38.2 Å². The Morgan fingerprint density at radius 3 is 2.61 bits per heavy atom. The molecule has 1 saturated heterocycles. The van der Waals surface area contributed by atoms with Crippen LogP contribution in [0.25, 0.3) is 0 Å². The predicted octanol–water partition coefficient (Wildman–Crippen LogP) is 3.65. The van der Waals surface area contributed by atoms with Crippen LogP contribution >= 0.6 is 11.6 Å². The van der Waals surface area contributed by atoms with E-state index in [1.165, 1.54) is 5.56 Å². The molecule has 1 aliphatic heterocycles. The smallest absolute Gasteiger partial charge is 0.317 e. The van der Waals surface area contributed by atoms with Crippen molar-refractivity contribution in [3.8, 4) is 5.88 Å². The number of benzene rings is 1. The Balaban J connectivity index is 1.56. The lowest BCUT2D eigenvalue weighted by molar-refractivity contribution is 0.194. The van der Waals surface area contributed by atoms with E-state index in [0.717, 1.165) is 41.5 Å². The molecular formula is C21H27ClN4O2. The van der Waals surface area contributed by atoms with Gasteiger partial charge in [0, 0.05) is 54.7 Å². The fourth-order valence-electron chi connectivity index (χ4n) is 3.46. The monoisotopic (exact) mass is 402 g/mol. The maximum Gasteiger partial charge on any atom is 0.317 e. The van der Waals surface area contributed by atoms with Gasteiger partial charge in [0.2, 0.25) is 5.88 Å². The molecule has 1 fully saturated rings. The average Bonchev–Trinajstić information content (AvgIpc) is 2.72. The highest BCUT2D eigenvalue weighted by Crippen LogP contribution is 2.22. The van der Waals surface area contributed by atoms with Crippen LogP contribution in [0.3, 0.4) is 0 Å². The Labute approximate surface area is 171 Å². The van der Waals surface area contributed by atoms with E-state index in [-0.39, 0.29) is 6.03 Å². The van der Waals surface area contributed by atoms with Gasteiger partial charge in [-0.25, -0.2) is 9.78 Å². The van der Waals surface area contributed by atoms with E-state index in [1.54, 1.807) is 7.11 Å². The van der Waals surface area contributed by atoms with Gasteiger partial charge in [0.25, 0.3) is 0 Å². The van der Waals surface area contributed by atoms with Gasteiger partial charge in [0.1, 0.15) is 0 Å². The van der Waals surface area contributed by atoms with Crippen LogP contribution < -0.4 is 15.0 Å². The summed E-state index contributed by atoms with van der Waals surface area (Å²) >= 11 is 6.08. The van der Waals surface area contributed by atoms with E-state index in [1.807, 2.05) is 36.1 Å². The van der Waals surface area contributed by atoms with Crippen molar-refractivity contribution >= 4 is 23.3 Å². The van der Waals surface area contributed by atoms with Crippen LogP contribution in [0, 0.1) is 6.92 Å². The van der Waals surface area contributed by atoms with E-state index in [9.17, 15) is 4.79 Å². The Bertz CT molecular complexity index is 835. The minimum absolute atomic E-state index is 0.0635. The molecule has 0 atom stereocenters. The summed E-state index contributed by atoms with van der Waals surface area (Å²) in [7, 11) is 1.60. The van der Waals surface area contributed by atoms with Crippen molar-refractivity contribution in [1.82, 2.24) is 15.2 Å². The fourth-order valence-corrected chi connectivity index (χ4v) is 3.64. The molecule has 6 nitrogen and oxygen atoms in total. The van der Waals surface area contributed by atoms with Gasteiger partial charge >= 0.3 is 6.03 Å². The largest absolute Gasteiger partial charge is 0.481 e. The fraction of sp³-hybridized carbons (Fsp3) is 0.429. The summed E-state index contributed by atoms with van der Waals surface area (Å²) in [5, 5.41) is 3.73. The van der Waals surface area contributed by atoms with E-state index in [2.05, 4.69) is 28.2 Å². The van der Waals surface area contributed by atoms with Crippen LogP contribution in [0.5, 0.6) is 5.88 Å². The number of carbonyl (C=O) groups is 1. The van der Waals surface area contributed by atoms with E-state index in [0.29, 0.717) is 25.5 Å². The number of aromatic nitrogens is 1. The number of ether oxygens (including phenoxy) is 1. The number of amides is 2. The molecule has 2 amide bonds. The molecule has 0 bridgehead atoms. The molecule has 2 aromatic rings. The van der Waals surface area contributed by atoms with Crippen molar-refractivity contribution in [2.24, 2.45) is 0 Å². The summed E-state index contributed by atoms with van der Waals surface area (Å²) < 4.78 is 5.38. The quantitative estimate of drug-likeness (QED) is 0.829. The van der Waals surface area contributed by atoms with Crippen LogP contribution in [0.2, 0.25) is 5.02 Å². The van der Waals surface area contributed by atoms with Crippen molar-refractivity contribution in [1.29, 1.82) is 0 Å². The number of carbonyl (C=O) groups excluding carboxylic acids is 1. The summed E-state index contributed by atoms with van der Waals surface area (Å²) in [5.74, 6) is 0.570. The number of piperazine rings is 1. The first kappa shape index (κ1) is 20.3. The molecule has 1 aromatic heterocycles. The normalized spacial score (nSPS) is 14.1. The lowest BCUT2D eigenvalue weighted by atomic mass is 10.1. The highest BCUT2D eigenvalue weighted by atomic mass is 35.5. The Kier molecular flexibility index (Phi) is 6.62. The summed E-state index contributed by atoms with van der Waals surface area (Å²) in [5.41, 5.74) is 4.12. The highest BCUT2D eigenvalue weighted by molar-refractivity contribution is 6.30. The zero-order valence-electron chi connectivity index (χ0n) is 16.7. The number of pyridine rings is 1. The minimum Gasteiger partial charge on any atom is -0.481 e.